The Hall–Kier alpha value is -3.33. The zero-order chi connectivity index (χ0) is 20.3. The Morgan fingerprint density at radius 3 is 2.45 bits per heavy atom. The lowest BCUT2D eigenvalue weighted by Gasteiger charge is -2.25. The summed E-state index contributed by atoms with van der Waals surface area (Å²) in [5.41, 5.74) is 4.83. The number of hydrogen-bond acceptors (Lipinski definition) is 2. The van der Waals surface area contributed by atoms with Gasteiger partial charge >= 0.3 is 0 Å². The number of carbonyl (C=O) groups is 1. The number of rotatable bonds is 5. The van der Waals surface area contributed by atoms with Crippen molar-refractivity contribution in [1.82, 2.24) is 0 Å². The lowest BCUT2D eigenvalue weighted by atomic mass is 9.90. The second-order valence-corrected chi connectivity index (χ2v) is 7.78. The third kappa shape index (κ3) is 4.24. The minimum Gasteiger partial charge on any atom is -0.478 e. The second kappa shape index (κ2) is 7.96. The molecule has 3 heteroatoms. The molecule has 0 bridgehead atoms. The Labute approximate surface area is 172 Å². The Bertz CT molecular complexity index is 1030. The molecule has 0 heterocycles. The van der Waals surface area contributed by atoms with Crippen LogP contribution in [0.2, 0.25) is 0 Å². The van der Waals surface area contributed by atoms with E-state index in [2.05, 4.69) is 47.8 Å². The molecule has 0 unspecified atom stereocenters. The molecule has 1 aliphatic carbocycles. The maximum absolute atomic E-state index is 12.7. The highest BCUT2D eigenvalue weighted by atomic mass is 16.5. The van der Waals surface area contributed by atoms with Crippen LogP contribution in [0, 0.1) is 0 Å². The van der Waals surface area contributed by atoms with Crippen LogP contribution in [0.15, 0.2) is 78.9 Å². The van der Waals surface area contributed by atoms with E-state index >= 15 is 0 Å². The summed E-state index contributed by atoms with van der Waals surface area (Å²) in [6, 6.07) is 23.8. The number of hydrogen-bond donors (Lipinski definition) is 1. The molecular weight excluding hydrogens is 358 g/mol. The van der Waals surface area contributed by atoms with Gasteiger partial charge in [-0.1, -0.05) is 60.7 Å². The molecule has 0 saturated heterocycles. The molecule has 1 amide bonds. The molecule has 1 N–H and O–H groups in total. The van der Waals surface area contributed by atoms with Gasteiger partial charge in [-0.3, -0.25) is 4.79 Å². The van der Waals surface area contributed by atoms with E-state index in [1.807, 2.05) is 42.5 Å². The number of para-hydroxylation sites is 1. The molecule has 0 atom stereocenters. The molecule has 3 nitrogen and oxygen atoms in total. The van der Waals surface area contributed by atoms with Crippen LogP contribution < -0.4 is 10.1 Å². The zero-order valence-electron chi connectivity index (χ0n) is 16.8. The van der Waals surface area contributed by atoms with Gasteiger partial charge in [0.05, 0.1) is 0 Å². The van der Waals surface area contributed by atoms with E-state index in [4.69, 9.17) is 4.74 Å². The average molecular weight is 383 g/mol. The first-order valence-electron chi connectivity index (χ1n) is 9.97. The van der Waals surface area contributed by atoms with Gasteiger partial charge in [0.25, 0.3) is 5.91 Å². The summed E-state index contributed by atoms with van der Waals surface area (Å²) in [4.78, 5) is 12.7. The lowest BCUT2D eigenvalue weighted by molar-refractivity contribution is -0.128. The number of nitrogens with one attached hydrogen (secondary N) is 1. The Morgan fingerprint density at radius 2 is 1.69 bits per heavy atom. The van der Waals surface area contributed by atoms with Crippen molar-refractivity contribution in [3.63, 3.8) is 0 Å². The maximum atomic E-state index is 12.7. The molecule has 1 aliphatic rings. The number of allylic oxidation sites excluding steroid dienone is 1. The zero-order valence-corrected chi connectivity index (χ0v) is 16.8. The molecule has 146 valence electrons. The molecule has 3 aromatic rings. The Balaban J connectivity index is 1.49. The van der Waals surface area contributed by atoms with E-state index in [9.17, 15) is 4.79 Å². The smallest absolute Gasteiger partial charge is 0.267 e. The van der Waals surface area contributed by atoms with E-state index in [0.29, 0.717) is 5.75 Å². The number of amides is 1. The average Bonchev–Trinajstić information content (AvgIpc) is 2.74. The van der Waals surface area contributed by atoms with Gasteiger partial charge in [0.15, 0.2) is 5.60 Å². The lowest BCUT2D eigenvalue weighted by Crippen LogP contribution is -2.42. The van der Waals surface area contributed by atoms with E-state index in [1.54, 1.807) is 13.8 Å². The SMILES string of the molecule is CC(C)(Oc1ccccc1)C(=O)Nc1ccc(-c2cccc3c2C=CCC3)cc1. The van der Waals surface area contributed by atoms with Crippen molar-refractivity contribution in [3.8, 4) is 16.9 Å². The molecule has 3 aromatic carbocycles. The van der Waals surface area contributed by atoms with Crippen LogP contribution in [0.3, 0.4) is 0 Å². The highest BCUT2D eigenvalue weighted by molar-refractivity contribution is 5.97. The molecule has 0 spiro atoms. The van der Waals surface area contributed by atoms with E-state index in [1.165, 1.54) is 16.7 Å². The van der Waals surface area contributed by atoms with Crippen LogP contribution in [-0.4, -0.2) is 11.5 Å². The van der Waals surface area contributed by atoms with Gasteiger partial charge in [0, 0.05) is 5.69 Å². The van der Waals surface area contributed by atoms with Gasteiger partial charge in [-0.15, -0.1) is 0 Å². The van der Waals surface area contributed by atoms with Crippen molar-refractivity contribution in [3.05, 3.63) is 90.0 Å². The first-order chi connectivity index (χ1) is 14.0. The summed E-state index contributed by atoms with van der Waals surface area (Å²) in [6.45, 7) is 3.54. The summed E-state index contributed by atoms with van der Waals surface area (Å²) in [5, 5.41) is 2.97. The number of anilines is 1. The largest absolute Gasteiger partial charge is 0.478 e. The van der Waals surface area contributed by atoms with E-state index in [0.717, 1.165) is 24.1 Å². The maximum Gasteiger partial charge on any atom is 0.267 e. The van der Waals surface area contributed by atoms with Crippen LogP contribution in [0.4, 0.5) is 5.69 Å². The van der Waals surface area contributed by atoms with Gasteiger partial charge in [-0.2, -0.15) is 0 Å². The molecule has 0 aromatic heterocycles. The molecule has 0 radical (unpaired) electrons. The topological polar surface area (TPSA) is 38.3 Å². The normalized spacial score (nSPS) is 12.9. The fraction of sp³-hybridized carbons (Fsp3) is 0.192. The van der Waals surface area contributed by atoms with E-state index in [-0.39, 0.29) is 5.91 Å². The predicted molar refractivity (Wildman–Crippen MR) is 119 cm³/mol. The van der Waals surface area contributed by atoms with Crippen molar-refractivity contribution in [2.75, 3.05) is 5.32 Å². The van der Waals surface area contributed by atoms with Gasteiger partial charge in [0.2, 0.25) is 0 Å². The van der Waals surface area contributed by atoms with Crippen LogP contribution in [0.25, 0.3) is 17.2 Å². The molecule has 0 saturated carbocycles. The van der Waals surface area contributed by atoms with Crippen molar-refractivity contribution < 1.29 is 9.53 Å². The monoisotopic (exact) mass is 383 g/mol. The highest BCUT2D eigenvalue weighted by Crippen LogP contribution is 2.31. The summed E-state index contributed by atoms with van der Waals surface area (Å²) >= 11 is 0. The van der Waals surface area contributed by atoms with Crippen LogP contribution in [0.5, 0.6) is 5.75 Å². The highest BCUT2D eigenvalue weighted by Gasteiger charge is 2.30. The number of benzene rings is 3. The van der Waals surface area contributed by atoms with Crippen molar-refractivity contribution in [1.29, 1.82) is 0 Å². The van der Waals surface area contributed by atoms with Gasteiger partial charge in [0.1, 0.15) is 5.75 Å². The quantitative estimate of drug-likeness (QED) is 0.577. The summed E-state index contributed by atoms with van der Waals surface area (Å²) in [5.74, 6) is 0.485. The van der Waals surface area contributed by atoms with Crippen LogP contribution in [0.1, 0.15) is 31.4 Å². The summed E-state index contributed by atoms with van der Waals surface area (Å²) in [6.07, 6.45) is 6.63. The molecule has 29 heavy (non-hydrogen) atoms. The third-order valence-corrected chi connectivity index (χ3v) is 5.18. The first-order valence-corrected chi connectivity index (χ1v) is 9.97. The van der Waals surface area contributed by atoms with Gasteiger partial charge in [-0.25, -0.2) is 0 Å². The summed E-state index contributed by atoms with van der Waals surface area (Å²) < 4.78 is 5.87. The number of carbonyl (C=O) groups excluding carboxylic acids is 1. The fourth-order valence-corrected chi connectivity index (χ4v) is 3.56. The van der Waals surface area contributed by atoms with Gasteiger partial charge in [-0.05, 0) is 73.2 Å². The molecule has 4 rings (SSSR count). The summed E-state index contributed by atoms with van der Waals surface area (Å²) in [7, 11) is 0. The minimum atomic E-state index is -0.983. The Kier molecular flexibility index (Phi) is 5.22. The number of fused-ring (bicyclic) bond motifs is 1. The fourth-order valence-electron chi connectivity index (χ4n) is 3.56. The standard InChI is InChI=1S/C26H25NO2/c1-26(2,29-22-11-4-3-5-12-22)25(28)27-21-17-15-20(16-18-21)24-14-8-10-19-9-6-7-13-23(19)24/h3-5,7-8,10-18H,6,9H2,1-2H3,(H,27,28). The number of aryl methyl sites for hydroxylation is 1. The predicted octanol–water partition coefficient (Wildman–Crippen LogP) is 6.11. The minimum absolute atomic E-state index is 0.186. The molecular formula is C26H25NO2. The van der Waals surface area contributed by atoms with E-state index < -0.39 is 5.60 Å². The molecule has 0 fully saturated rings. The third-order valence-electron chi connectivity index (χ3n) is 5.18. The second-order valence-electron chi connectivity index (χ2n) is 7.78. The van der Waals surface area contributed by atoms with Crippen molar-refractivity contribution in [2.24, 2.45) is 0 Å². The van der Waals surface area contributed by atoms with Crippen molar-refractivity contribution >= 4 is 17.7 Å². The first kappa shape index (κ1) is 19.0. The van der Waals surface area contributed by atoms with Crippen molar-refractivity contribution in [2.45, 2.75) is 32.3 Å². The molecule has 0 aliphatic heterocycles. The van der Waals surface area contributed by atoms with Crippen LogP contribution >= 0.6 is 0 Å². The van der Waals surface area contributed by atoms with Gasteiger partial charge < -0.3 is 10.1 Å². The number of ether oxygens (including phenoxy) is 1. The Morgan fingerprint density at radius 1 is 0.931 bits per heavy atom. The van der Waals surface area contributed by atoms with Crippen LogP contribution in [-0.2, 0) is 11.2 Å².